The van der Waals surface area contributed by atoms with Gasteiger partial charge in [0.25, 0.3) is 0 Å². The Bertz CT molecular complexity index is 1300. The molecule has 1 atom stereocenters. The van der Waals surface area contributed by atoms with Crippen LogP contribution in [0, 0.1) is 5.82 Å². The molecule has 0 aromatic carbocycles. The number of halogens is 1. The van der Waals surface area contributed by atoms with Crippen LogP contribution in [0.4, 0.5) is 14.9 Å². The first-order valence-corrected chi connectivity index (χ1v) is 17.4. The van der Waals surface area contributed by atoms with Gasteiger partial charge in [-0.2, -0.15) is 0 Å². The summed E-state index contributed by atoms with van der Waals surface area (Å²) >= 11 is 0. The van der Waals surface area contributed by atoms with Gasteiger partial charge in [0.2, 0.25) is 0 Å². The standard InChI is InChI=1S/C29H42FN5O3Si/c1-29(2,3)38-28(36)33(4)23-9-8-12-34(18-23)25-10-11-32-27-26(25)24(21-15-22(30)17-31-16-21)19-35(27)20-37-13-14-39(5,6)7/h10-11,15-17,19,23H,8-9,12-14,18,20H2,1-7H3/t23-/m0/s1. The molecular formula is C29H42FN5O3Si. The third-order valence-corrected chi connectivity index (χ3v) is 8.65. The number of anilines is 1. The first-order valence-electron chi connectivity index (χ1n) is 13.7. The maximum absolute atomic E-state index is 14.2. The van der Waals surface area contributed by atoms with Gasteiger partial charge >= 0.3 is 6.09 Å². The molecule has 4 rings (SSSR count). The summed E-state index contributed by atoms with van der Waals surface area (Å²) in [7, 11) is 0.593. The van der Waals surface area contributed by atoms with E-state index in [2.05, 4.69) is 29.5 Å². The van der Waals surface area contributed by atoms with E-state index in [0.717, 1.165) is 47.7 Å². The minimum absolute atomic E-state index is 0.00286. The second-order valence-electron chi connectivity index (χ2n) is 12.6. The topological polar surface area (TPSA) is 72.7 Å². The van der Waals surface area contributed by atoms with E-state index in [4.69, 9.17) is 14.5 Å². The Morgan fingerprint density at radius 2 is 2.03 bits per heavy atom. The van der Waals surface area contributed by atoms with Gasteiger partial charge < -0.3 is 23.8 Å². The van der Waals surface area contributed by atoms with Crippen molar-refractivity contribution in [2.75, 3.05) is 31.6 Å². The second kappa shape index (κ2) is 11.6. The molecule has 8 nitrogen and oxygen atoms in total. The van der Waals surface area contributed by atoms with Crippen LogP contribution in [0.25, 0.3) is 22.2 Å². The maximum Gasteiger partial charge on any atom is 0.410 e. The number of aromatic nitrogens is 3. The second-order valence-corrected chi connectivity index (χ2v) is 18.2. The van der Waals surface area contributed by atoms with Gasteiger partial charge in [0.05, 0.1) is 23.3 Å². The summed E-state index contributed by atoms with van der Waals surface area (Å²) in [5.74, 6) is -0.387. The molecule has 10 heteroatoms. The summed E-state index contributed by atoms with van der Waals surface area (Å²) in [6.07, 6.45) is 8.20. The summed E-state index contributed by atoms with van der Waals surface area (Å²) in [5, 5.41) is 0.930. The van der Waals surface area contributed by atoms with Crippen LogP contribution in [0.5, 0.6) is 0 Å². The van der Waals surface area contributed by atoms with Gasteiger partial charge in [0.15, 0.2) is 0 Å². The Hall–Kier alpha value is -2.98. The third kappa shape index (κ3) is 7.36. The van der Waals surface area contributed by atoms with Gasteiger partial charge in [-0.25, -0.2) is 14.2 Å². The molecule has 1 fully saturated rings. The van der Waals surface area contributed by atoms with E-state index in [1.165, 1.54) is 12.3 Å². The van der Waals surface area contributed by atoms with Gasteiger partial charge in [-0.3, -0.25) is 4.98 Å². The van der Waals surface area contributed by atoms with Crippen molar-refractivity contribution in [3.8, 4) is 11.1 Å². The zero-order chi connectivity index (χ0) is 28.4. The average molecular weight is 556 g/mol. The Morgan fingerprint density at radius 1 is 1.26 bits per heavy atom. The van der Waals surface area contributed by atoms with Gasteiger partial charge in [-0.15, -0.1) is 0 Å². The highest BCUT2D eigenvalue weighted by Gasteiger charge is 2.30. The molecule has 3 aromatic rings. The first kappa shape index (κ1) is 29.0. The molecule has 0 saturated carbocycles. The number of fused-ring (bicyclic) bond motifs is 1. The number of amides is 1. The molecule has 1 aliphatic rings. The lowest BCUT2D eigenvalue weighted by molar-refractivity contribution is 0.0210. The molecular weight excluding hydrogens is 513 g/mol. The van der Waals surface area contributed by atoms with Crippen LogP contribution in [0.1, 0.15) is 33.6 Å². The number of carbonyl (C=O) groups excluding carboxylic acids is 1. The fraction of sp³-hybridized carbons (Fsp3) is 0.552. The predicted molar refractivity (Wildman–Crippen MR) is 156 cm³/mol. The quantitative estimate of drug-likeness (QED) is 0.237. The lowest BCUT2D eigenvalue weighted by Crippen LogP contribution is -2.49. The normalized spacial score (nSPS) is 16.5. The molecule has 0 spiro atoms. The summed E-state index contributed by atoms with van der Waals surface area (Å²) in [6.45, 7) is 15.2. The average Bonchev–Trinajstić information content (AvgIpc) is 3.23. The molecule has 0 N–H and O–H groups in total. The molecule has 1 amide bonds. The summed E-state index contributed by atoms with van der Waals surface area (Å²) in [4.78, 5) is 25.6. The minimum atomic E-state index is -1.22. The molecule has 0 unspecified atom stereocenters. The van der Waals surface area contributed by atoms with Crippen molar-refractivity contribution in [1.82, 2.24) is 19.4 Å². The number of likely N-dealkylation sites (N-methyl/N-ethyl adjacent to an activating group) is 1. The number of ether oxygens (including phenoxy) is 2. The number of hydrogen-bond acceptors (Lipinski definition) is 6. The molecule has 39 heavy (non-hydrogen) atoms. The van der Waals surface area contributed by atoms with Crippen LogP contribution in [0.3, 0.4) is 0 Å². The van der Waals surface area contributed by atoms with Gasteiger partial charge in [0.1, 0.15) is 23.8 Å². The van der Waals surface area contributed by atoms with E-state index in [1.807, 2.05) is 50.8 Å². The summed E-state index contributed by atoms with van der Waals surface area (Å²) < 4.78 is 27.9. The van der Waals surface area contributed by atoms with E-state index >= 15 is 0 Å². The molecule has 0 bridgehead atoms. The highest BCUT2D eigenvalue weighted by atomic mass is 28.3. The molecule has 4 heterocycles. The van der Waals surface area contributed by atoms with Crippen LogP contribution < -0.4 is 4.90 Å². The minimum Gasteiger partial charge on any atom is -0.444 e. The number of carbonyl (C=O) groups is 1. The maximum atomic E-state index is 14.2. The van der Waals surface area contributed by atoms with Crippen molar-refractivity contribution >= 4 is 30.9 Å². The number of nitrogens with zero attached hydrogens (tertiary/aromatic N) is 5. The Balaban J connectivity index is 1.67. The van der Waals surface area contributed by atoms with E-state index in [0.29, 0.717) is 25.4 Å². The van der Waals surface area contributed by atoms with Crippen molar-refractivity contribution < 1.29 is 18.7 Å². The van der Waals surface area contributed by atoms with Crippen molar-refractivity contribution in [3.05, 3.63) is 42.7 Å². The smallest absolute Gasteiger partial charge is 0.410 e. The Morgan fingerprint density at radius 3 is 2.72 bits per heavy atom. The Kier molecular flexibility index (Phi) is 8.65. The van der Waals surface area contributed by atoms with Gasteiger partial charge in [0, 0.05) is 64.5 Å². The van der Waals surface area contributed by atoms with Crippen molar-refractivity contribution in [2.45, 2.75) is 77.7 Å². The number of rotatable bonds is 8. The van der Waals surface area contributed by atoms with Crippen LogP contribution in [-0.4, -0.2) is 72.0 Å². The summed E-state index contributed by atoms with van der Waals surface area (Å²) in [6, 6.07) is 4.59. The van der Waals surface area contributed by atoms with E-state index in [1.54, 1.807) is 11.1 Å². The fourth-order valence-corrected chi connectivity index (χ4v) is 5.61. The zero-order valence-corrected chi connectivity index (χ0v) is 25.3. The van der Waals surface area contributed by atoms with Crippen LogP contribution in [0.15, 0.2) is 36.9 Å². The van der Waals surface area contributed by atoms with Crippen LogP contribution in [0.2, 0.25) is 25.7 Å². The molecule has 212 valence electrons. The molecule has 0 aliphatic carbocycles. The van der Waals surface area contributed by atoms with E-state index in [9.17, 15) is 9.18 Å². The number of pyridine rings is 2. The largest absolute Gasteiger partial charge is 0.444 e. The lowest BCUT2D eigenvalue weighted by Gasteiger charge is -2.39. The van der Waals surface area contributed by atoms with Crippen molar-refractivity contribution in [3.63, 3.8) is 0 Å². The van der Waals surface area contributed by atoms with E-state index in [-0.39, 0.29) is 18.0 Å². The lowest BCUT2D eigenvalue weighted by atomic mass is 10.0. The molecule has 0 radical (unpaired) electrons. The monoisotopic (exact) mass is 555 g/mol. The Labute approximate surface area is 232 Å². The van der Waals surface area contributed by atoms with Gasteiger partial charge in [-0.1, -0.05) is 19.6 Å². The van der Waals surface area contributed by atoms with E-state index < -0.39 is 13.7 Å². The highest BCUT2D eigenvalue weighted by molar-refractivity contribution is 6.76. The third-order valence-electron chi connectivity index (χ3n) is 6.94. The molecule has 1 saturated heterocycles. The van der Waals surface area contributed by atoms with Crippen molar-refractivity contribution in [1.29, 1.82) is 0 Å². The fourth-order valence-electron chi connectivity index (χ4n) is 4.85. The molecule has 1 aliphatic heterocycles. The highest BCUT2D eigenvalue weighted by Crippen LogP contribution is 2.38. The van der Waals surface area contributed by atoms with Crippen LogP contribution in [-0.2, 0) is 16.2 Å². The van der Waals surface area contributed by atoms with Crippen molar-refractivity contribution in [2.24, 2.45) is 0 Å². The zero-order valence-electron chi connectivity index (χ0n) is 24.3. The number of hydrogen-bond donors (Lipinski definition) is 0. The SMILES string of the molecule is CN(C(=O)OC(C)(C)C)[C@H]1CCCN(c2ccnc3c2c(-c2cncc(F)c2)cn3COCC[Si](C)(C)C)C1. The molecule has 3 aromatic heterocycles. The van der Waals surface area contributed by atoms with Crippen LogP contribution >= 0.6 is 0 Å². The van der Waals surface area contributed by atoms with Gasteiger partial charge in [-0.05, 0) is 51.8 Å². The number of piperidine rings is 1. The predicted octanol–water partition coefficient (Wildman–Crippen LogP) is 6.39. The summed E-state index contributed by atoms with van der Waals surface area (Å²) in [5.41, 5.74) is 2.78. The first-order chi connectivity index (χ1) is 18.3.